The summed E-state index contributed by atoms with van der Waals surface area (Å²) in [6, 6.07) is 3.62. The Kier molecular flexibility index (Phi) is 4.32. The average Bonchev–Trinajstić information content (AvgIpc) is 2.21. The molecular formula is C12H13Cl2N. The predicted molar refractivity (Wildman–Crippen MR) is 67.7 cm³/mol. The molecule has 0 bridgehead atoms. The van der Waals surface area contributed by atoms with Crippen molar-refractivity contribution in [2.75, 3.05) is 5.32 Å². The Balaban J connectivity index is 2.96. The number of anilines is 1. The fourth-order valence-corrected chi connectivity index (χ4v) is 1.64. The number of rotatable bonds is 3. The second-order valence-electron chi connectivity index (χ2n) is 3.35. The molecule has 0 spiro atoms. The van der Waals surface area contributed by atoms with Crippen LogP contribution in [-0.4, -0.2) is 6.04 Å². The first-order chi connectivity index (χ1) is 7.08. The molecule has 0 aliphatic rings. The van der Waals surface area contributed by atoms with Crippen LogP contribution < -0.4 is 5.32 Å². The van der Waals surface area contributed by atoms with Gasteiger partial charge in [-0.1, -0.05) is 36.0 Å². The summed E-state index contributed by atoms with van der Waals surface area (Å²) in [5, 5.41) is 4.49. The van der Waals surface area contributed by atoms with Gasteiger partial charge in [0, 0.05) is 5.02 Å². The minimum Gasteiger partial charge on any atom is -0.370 e. The second kappa shape index (κ2) is 5.30. The molecule has 80 valence electrons. The summed E-state index contributed by atoms with van der Waals surface area (Å²) in [6.45, 7) is 3.93. The Hall–Kier alpha value is -0.840. The van der Waals surface area contributed by atoms with Crippen LogP contribution in [0.1, 0.15) is 18.9 Å². The number of nitrogens with one attached hydrogen (secondary N) is 1. The minimum absolute atomic E-state index is 0.0127. The van der Waals surface area contributed by atoms with Crippen molar-refractivity contribution in [2.24, 2.45) is 0 Å². The fraction of sp³-hybridized carbons (Fsp3) is 0.333. The Morgan fingerprint density at radius 3 is 2.60 bits per heavy atom. The third-order valence-corrected chi connectivity index (χ3v) is 2.91. The molecule has 1 unspecified atom stereocenters. The van der Waals surface area contributed by atoms with Crippen LogP contribution in [-0.2, 0) is 0 Å². The first-order valence-corrected chi connectivity index (χ1v) is 5.52. The van der Waals surface area contributed by atoms with Gasteiger partial charge in [0.05, 0.1) is 16.8 Å². The van der Waals surface area contributed by atoms with Crippen molar-refractivity contribution in [3.8, 4) is 12.3 Å². The van der Waals surface area contributed by atoms with Gasteiger partial charge in [-0.3, -0.25) is 0 Å². The number of terminal acetylenes is 1. The highest BCUT2D eigenvalue weighted by molar-refractivity contribution is 6.35. The van der Waals surface area contributed by atoms with Crippen molar-refractivity contribution in [2.45, 2.75) is 26.3 Å². The van der Waals surface area contributed by atoms with E-state index in [-0.39, 0.29) is 6.04 Å². The Labute approximate surface area is 101 Å². The number of hydrogen-bond acceptors (Lipinski definition) is 1. The number of aryl methyl sites for hydroxylation is 1. The molecule has 3 heteroatoms. The highest BCUT2D eigenvalue weighted by Crippen LogP contribution is 2.29. The molecule has 0 aromatic heterocycles. The van der Waals surface area contributed by atoms with E-state index in [1.54, 1.807) is 6.07 Å². The number of hydrogen-bond donors (Lipinski definition) is 1. The number of benzene rings is 1. The topological polar surface area (TPSA) is 12.0 Å². The molecule has 0 fully saturated rings. The maximum Gasteiger partial charge on any atom is 0.0872 e. The van der Waals surface area contributed by atoms with Gasteiger partial charge in [-0.05, 0) is 31.0 Å². The molecule has 0 aliphatic carbocycles. The van der Waals surface area contributed by atoms with Crippen molar-refractivity contribution in [1.29, 1.82) is 0 Å². The summed E-state index contributed by atoms with van der Waals surface area (Å²) in [5.74, 6) is 2.65. The van der Waals surface area contributed by atoms with Crippen molar-refractivity contribution >= 4 is 28.9 Å². The zero-order valence-electron chi connectivity index (χ0n) is 8.77. The van der Waals surface area contributed by atoms with E-state index in [1.807, 2.05) is 19.9 Å². The first kappa shape index (κ1) is 12.2. The van der Waals surface area contributed by atoms with Crippen LogP contribution in [0.2, 0.25) is 10.0 Å². The lowest BCUT2D eigenvalue weighted by Crippen LogP contribution is -2.15. The fourth-order valence-electron chi connectivity index (χ4n) is 1.21. The quantitative estimate of drug-likeness (QED) is 0.786. The molecule has 0 amide bonds. The van der Waals surface area contributed by atoms with E-state index in [0.29, 0.717) is 10.0 Å². The molecule has 0 saturated heterocycles. The zero-order chi connectivity index (χ0) is 11.4. The maximum atomic E-state index is 6.07. The van der Waals surface area contributed by atoms with Crippen LogP contribution in [0, 0.1) is 19.3 Å². The van der Waals surface area contributed by atoms with Crippen LogP contribution in [0.3, 0.4) is 0 Å². The summed E-state index contributed by atoms with van der Waals surface area (Å²) in [7, 11) is 0. The van der Waals surface area contributed by atoms with Gasteiger partial charge in [-0.25, -0.2) is 0 Å². The van der Waals surface area contributed by atoms with Crippen LogP contribution in [0.4, 0.5) is 5.69 Å². The third-order valence-electron chi connectivity index (χ3n) is 2.19. The summed E-state index contributed by atoms with van der Waals surface area (Å²) in [4.78, 5) is 0. The third kappa shape index (κ3) is 3.06. The standard InChI is InChI=1S/C12H13Cl2N/c1-4-9(5-2)15-12-7-10(13)8(3)6-11(12)14/h1,6-7,9,15H,5H2,2-3H3. The lowest BCUT2D eigenvalue weighted by atomic mass is 10.2. The highest BCUT2D eigenvalue weighted by Gasteiger charge is 2.07. The van der Waals surface area contributed by atoms with Gasteiger partial charge in [0.15, 0.2) is 0 Å². The molecule has 0 saturated carbocycles. The Morgan fingerprint density at radius 1 is 1.40 bits per heavy atom. The summed E-state index contributed by atoms with van der Waals surface area (Å²) >= 11 is 12.1. The molecule has 1 rings (SSSR count). The van der Waals surface area contributed by atoms with Crippen LogP contribution in [0.15, 0.2) is 12.1 Å². The zero-order valence-corrected chi connectivity index (χ0v) is 10.3. The molecule has 1 aromatic rings. The van der Waals surface area contributed by atoms with Gasteiger partial charge in [0.1, 0.15) is 0 Å². The monoisotopic (exact) mass is 241 g/mol. The van der Waals surface area contributed by atoms with E-state index in [2.05, 4.69) is 11.2 Å². The highest BCUT2D eigenvalue weighted by atomic mass is 35.5. The normalized spacial score (nSPS) is 11.9. The SMILES string of the molecule is C#CC(CC)Nc1cc(Cl)c(C)cc1Cl. The molecule has 1 nitrogen and oxygen atoms in total. The van der Waals surface area contributed by atoms with Crippen molar-refractivity contribution in [3.63, 3.8) is 0 Å². The van der Waals surface area contributed by atoms with Crippen LogP contribution >= 0.6 is 23.2 Å². The van der Waals surface area contributed by atoms with Crippen LogP contribution in [0.5, 0.6) is 0 Å². The van der Waals surface area contributed by atoms with E-state index in [1.165, 1.54) is 0 Å². The van der Waals surface area contributed by atoms with Gasteiger partial charge in [0.2, 0.25) is 0 Å². The van der Waals surface area contributed by atoms with Gasteiger partial charge in [0.25, 0.3) is 0 Å². The predicted octanol–water partition coefficient (Wildman–Crippen LogP) is 4.13. The van der Waals surface area contributed by atoms with E-state index in [0.717, 1.165) is 17.7 Å². The smallest absolute Gasteiger partial charge is 0.0872 e. The second-order valence-corrected chi connectivity index (χ2v) is 4.17. The van der Waals surface area contributed by atoms with Gasteiger partial charge in [-0.2, -0.15) is 0 Å². The van der Waals surface area contributed by atoms with Gasteiger partial charge in [-0.15, -0.1) is 6.42 Å². The summed E-state index contributed by atoms with van der Waals surface area (Å²) < 4.78 is 0. The molecule has 15 heavy (non-hydrogen) atoms. The van der Waals surface area contributed by atoms with E-state index < -0.39 is 0 Å². The number of halogens is 2. The largest absolute Gasteiger partial charge is 0.370 e. The molecule has 1 aromatic carbocycles. The van der Waals surface area contributed by atoms with E-state index in [4.69, 9.17) is 29.6 Å². The minimum atomic E-state index is -0.0127. The lowest BCUT2D eigenvalue weighted by molar-refractivity contribution is 0.858. The van der Waals surface area contributed by atoms with Gasteiger partial charge < -0.3 is 5.32 Å². The molecule has 1 atom stereocenters. The van der Waals surface area contributed by atoms with Gasteiger partial charge >= 0.3 is 0 Å². The first-order valence-electron chi connectivity index (χ1n) is 4.76. The molecule has 1 N–H and O–H groups in total. The lowest BCUT2D eigenvalue weighted by Gasteiger charge is -2.14. The Bertz CT molecular complexity index is 393. The Morgan fingerprint density at radius 2 is 2.07 bits per heavy atom. The average molecular weight is 242 g/mol. The summed E-state index contributed by atoms with van der Waals surface area (Å²) in [6.07, 6.45) is 6.21. The molecule has 0 heterocycles. The molecule has 0 radical (unpaired) electrons. The van der Waals surface area contributed by atoms with Crippen molar-refractivity contribution < 1.29 is 0 Å². The van der Waals surface area contributed by atoms with Crippen LogP contribution in [0.25, 0.3) is 0 Å². The van der Waals surface area contributed by atoms with Crippen molar-refractivity contribution in [1.82, 2.24) is 0 Å². The van der Waals surface area contributed by atoms with E-state index in [9.17, 15) is 0 Å². The molecular weight excluding hydrogens is 229 g/mol. The summed E-state index contributed by atoms with van der Waals surface area (Å²) in [5.41, 5.74) is 1.75. The van der Waals surface area contributed by atoms with E-state index >= 15 is 0 Å². The molecule has 0 aliphatic heterocycles. The van der Waals surface area contributed by atoms with Crippen molar-refractivity contribution in [3.05, 3.63) is 27.7 Å². The maximum absolute atomic E-state index is 6.07.